The van der Waals surface area contributed by atoms with Crippen molar-refractivity contribution in [3.05, 3.63) is 29.6 Å². The highest BCUT2D eigenvalue weighted by Gasteiger charge is 2.16. The van der Waals surface area contributed by atoms with Crippen molar-refractivity contribution in [3.8, 4) is 0 Å². The maximum atomic E-state index is 11.2. The minimum absolute atomic E-state index is 0.167. The second-order valence-electron chi connectivity index (χ2n) is 5.37. The first-order chi connectivity index (χ1) is 10.1. The molecule has 114 valence electrons. The van der Waals surface area contributed by atoms with E-state index in [0.29, 0.717) is 0 Å². The van der Waals surface area contributed by atoms with E-state index in [1.54, 1.807) is 18.2 Å². The predicted octanol–water partition coefficient (Wildman–Crippen LogP) is 3.02. The average molecular weight is 290 g/mol. The molecular formula is C16H22N2O3. The van der Waals surface area contributed by atoms with E-state index in [0.717, 1.165) is 42.5 Å². The second kappa shape index (κ2) is 6.72. The molecule has 0 saturated carbocycles. The van der Waals surface area contributed by atoms with Crippen LogP contribution < -0.4 is 0 Å². The molecule has 5 nitrogen and oxygen atoms in total. The van der Waals surface area contributed by atoms with Crippen LogP contribution in [0.1, 0.15) is 55.3 Å². The molecule has 0 fully saturated rings. The Kier molecular flexibility index (Phi) is 4.96. The van der Waals surface area contributed by atoms with Crippen LogP contribution in [0.3, 0.4) is 0 Å². The topological polar surface area (TPSA) is 75.3 Å². The molecule has 0 saturated heterocycles. The van der Waals surface area contributed by atoms with Gasteiger partial charge in [-0.25, -0.2) is 9.78 Å². The van der Waals surface area contributed by atoms with Gasteiger partial charge in [0.15, 0.2) is 0 Å². The zero-order valence-corrected chi connectivity index (χ0v) is 12.5. The van der Waals surface area contributed by atoms with Crippen molar-refractivity contribution in [2.45, 2.75) is 45.6 Å². The fraction of sp³-hybridized carbons (Fsp3) is 0.500. The zero-order chi connectivity index (χ0) is 15.4. The van der Waals surface area contributed by atoms with Gasteiger partial charge in [-0.1, -0.05) is 6.92 Å². The lowest BCUT2D eigenvalue weighted by Gasteiger charge is -2.17. The Morgan fingerprint density at radius 1 is 1.43 bits per heavy atom. The van der Waals surface area contributed by atoms with Gasteiger partial charge >= 0.3 is 5.97 Å². The first kappa shape index (κ1) is 15.5. The number of aliphatic hydroxyl groups is 1. The highest BCUT2D eigenvalue weighted by atomic mass is 16.4. The number of aromatic carboxylic acids is 1. The molecule has 2 rings (SSSR count). The van der Waals surface area contributed by atoms with Gasteiger partial charge in [0.25, 0.3) is 0 Å². The van der Waals surface area contributed by atoms with Gasteiger partial charge in [-0.05, 0) is 44.4 Å². The number of rotatable bonds is 7. The number of carboxylic acid groups (broad SMARTS) is 1. The van der Waals surface area contributed by atoms with Crippen LogP contribution in [-0.4, -0.2) is 32.3 Å². The van der Waals surface area contributed by atoms with Gasteiger partial charge in [-0.2, -0.15) is 0 Å². The number of carbonyl (C=O) groups is 1. The summed E-state index contributed by atoms with van der Waals surface area (Å²) in [5.74, 6) is 0.0604. The number of aryl methyl sites for hydroxylation is 1. The number of hydrogen-bond acceptors (Lipinski definition) is 3. The number of benzene rings is 1. The first-order valence-corrected chi connectivity index (χ1v) is 7.43. The summed E-state index contributed by atoms with van der Waals surface area (Å²) in [6.45, 7) is 4.36. The van der Waals surface area contributed by atoms with Gasteiger partial charge in [0.05, 0.1) is 16.6 Å². The Morgan fingerprint density at radius 2 is 2.19 bits per heavy atom. The van der Waals surface area contributed by atoms with Crippen LogP contribution in [0.5, 0.6) is 0 Å². The van der Waals surface area contributed by atoms with Gasteiger partial charge in [0.2, 0.25) is 0 Å². The van der Waals surface area contributed by atoms with Crippen molar-refractivity contribution in [2.75, 3.05) is 6.61 Å². The highest BCUT2D eigenvalue weighted by molar-refractivity contribution is 5.92. The molecule has 1 aromatic carbocycles. The molecule has 1 aromatic heterocycles. The van der Waals surface area contributed by atoms with Gasteiger partial charge < -0.3 is 14.8 Å². The van der Waals surface area contributed by atoms with Crippen LogP contribution in [0.4, 0.5) is 0 Å². The molecule has 5 heteroatoms. The summed E-state index contributed by atoms with van der Waals surface area (Å²) in [4.78, 5) is 15.8. The Labute approximate surface area is 124 Å². The number of hydrogen-bond donors (Lipinski definition) is 2. The second-order valence-corrected chi connectivity index (χ2v) is 5.37. The molecule has 0 aliphatic rings. The monoisotopic (exact) mass is 290 g/mol. The molecule has 1 unspecified atom stereocenters. The molecule has 2 N–H and O–H groups in total. The smallest absolute Gasteiger partial charge is 0.335 e. The summed E-state index contributed by atoms with van der Waals surface area (Å²) in [5, 5.41) is 18.2. The van der Waals surface area contributed by atoms with E-state index in [-0.39, 0.29) is 18.2 Å². The van der Waals surface area contributed by atoms with Crippen molar-refractivity contribution < 1.29 is 15.0 Å². The lowest BCUT2D eigenvalue weighted by atomic mass is 10.1. The largest absolute Gasteiger partial charge is 0.478 e. The molecular weight excluding hydrogens is 268 g/mol. The maximum Gasteiger partial charge on any atom is 0.335 e. The van der Waals surface area contributed by atoms with Gasteiger partial charge in [0.1, 0.15) is 5.82 Å². The SMILES string of the molecule is CCCc1nc2ccc(C(=O)O)cc2n1C(C)CCCO. The average Bonchev–Trinajstić information content (AvgIpc) is 2.82. The summed E-state index contributed by atoms with van der Waals surface area (Å²) in [7, 11) is 0. The first-order valence-electron chi connectivity index (χ1n) is 7.43. The summed E-state index contributed by atoms with van der Waals surface area (Å²) < 4.78 is 2.13. The Hall–Kier alpha value is -1.88. The third-order valence-corrected chi connectivity index (χ3v) is 3.70. The number of nitrogens with zero attached hydrogens (tertiary/aromatic N) is 2. The maximum absolute atomic E-state index is 11.2. The minimum Gasteiger partial charge on any atom is -0.478 e. The number of fused-ring (bicyclic) bond motifs is 1. The number of carboxylic acids is 1. The summed E-state index contributed by atoms with van der Waals surface area (Å²) in [5.41, 5.74) is 1.98. The van der Waals surface area contributed by atoms with E-state index in [1.807, 2.05) is 0 Å². The zero-order valence-electron chi connectivity index (χ0n) is 12.5. The van der Waals surface area contributed by atoms with E-state index >= 15 is 0 Å². The van der Waals surface area contributed by atoms with E-state index in [2.05, 4.69) is 23.4 Å². The molecule has 1 atom stereocenters. The standard InChI is InChI=1S/C16H22N2O3/c1-3-5-15-17-13-8-7-12(16(20)21)10-14(13)18(15)11(2)6-4-9-19/h7-8,10-11,19H,3-6,9H2,1-2H3,(H,20,21). The van der Waals surface area contributed by atoms with E-state index < -0.39 is 5.97 Å². The molecule has 2 aromatic rings. The van der Waals surface area contributed by atoms with E-state index in [9.17, 15) is 4.79 Å². The molecule has 0 bridgehead atoms. The highest BCUT2D eigenvalue weighted by Crippen LogP contribution is 2.25. The van der Waals surface area contributed by atoms with Crippen molar-refractivity contribution in [1.82, 2.24) is 9.55 Å². The number of imidazole rings is 1. The van der Waals surface area contributed by atoms with Crippen LogP contribution in [0.25, 0.3) is 11.0 Å². The minimum atomic E-state index is -0.926. The molecule has 0 amide bonds. The van der Waals surface area contributed by atoms with Crippen molar-refractivity contribution in [1.29, 1.82) is 0 Å². The Morgan fingerprint density at radius 3 is 2.81 bits per heavy atom. The van der Waals surface area contributed by atoms with Crippen LogP contribution in [0.2, 0.25) is 0 Å². The fourth-order valence-electron chi connectivity index (χ4n) is 2.68. The summed E-state index contributed by atoms with van der Waals surface area (Å²) >= 11 is 0. The van der Waals surface area contributed by atoms with Gasteiger partial charge in [-0.15, -0.1) is 0 Å². The lowest BCUT2D eigenvalue weighted by Crippen LogP contribution is -2.10. The molecule has 21 heavy (non-hydrogen) atoms. The third kappa shape index (κ3) is 3.24. The molecule has 0 aliphatic heterocycles. The van der Waals surface area contributed by atoms with Crippen molar-refractivity contribution in [2.24, 2.45) is 0 Å². The van der Waals surface area contributed by atoms with Crippen LogP contribution in [0, 0.1) is 0 Å². The summed E-state index contributed by atoms with van der Waals surface area (Å²) in [6.07, 6.45) is 3.42. The predicted molar refractivity (Wildman–Crippen MR) is 81.7 cm³/mol. The Balaban J connectivity index is 2.52. The Bertz CT molecular complexity index is 634. The normalized spacial score (nSPS) is 12.7. The molecule has 0 spiro atoms. The van der Waals surface area contributed by atoms with E-state index in [4.69, 9.17) is 10.2 Å². The number of aliphatic hydroxyl groups excluding tert-OH is 1. The summed E-state index contributed by atoms with van der Waals surface area (Å²) in [6, 6.07) is 5.25. The van der Waals surface area contributed by atoms with E-state index in [1.165, 1.54) is 0 Å². The van der Waals surface area contributed by atoms with Gasteiger partial charge in [0, 0.05) is 19.1 Å². The molecule has 1 heterocycles. The van der Waals surface area contributed by atoms with Crippen molar-refractivity contribution >= 4 is 17.0 Å². The quantitative estimate of drug-likeness (QED) is 0.822. The van der Waals surface area contributed by atoms with Crippen LogP contribution >= 0.6 is 0 Å². The fourth-order valence-corrected chi connectivity index (χ4v) is 2.68. The third-order valence-electron chi connectivity index (χ3n) is 3.70. The molecule has 0 radical (unpaired) electrons. The van der Waals surface area contributed by atoms with Gasteiger partial charge in [-0.3, -0.25) is 0 Å². The lowest BCUT2D eigenvalue weighted by molar-refractivity contribution is 0.0697. The number of aromatic nitrogens is 2. The van der Waals surface area contributed by atoms with Crippen molar-refractivity contribution in [3.63, 3.8) is 0 Å². The molecule has 0 aliphatic carbocycles. The van der Waals surface area contributed by atoms with Crippen LogP contribution in [0.15, 0.2) is 18.2 Å². The van der Waals surface area contributed by atoms with Crippen LogP contribution in [-0.2, 0) is 6.42 Å².